The molecule has 60 heavy (non-hydrogen) atoms. The number of nitrogens with zero attached hydrogens (tertiary/aromatic N) is 8. The fraction of sp³-hybridized carbons (Fsp3) is 0.302. The average Bonchev–Trinajstić information content (AvgIpc) is 3.62. The summed E-state index contributed by atoms with van der Waals surface area (Å²) >= 11 is 0. The van der Waals surface area contributed by atoms with E-state index in [2.05, 4.69) is 30.6 Å². The van der Waals surface area contributed by atoms with Crippen LogP contribution in [0.15, 0.2) is 66.7 Å². The van der Waals surface area contributed by atoms with Crippen molar-refractivity contribution >= 4 is 40.0 Å². The van der Waals surface area contributed by atoms with Crippen LogP contribution in [0.25, 0.3) is 27.8 Å². The van der Waals surface area contributed by atoms with E-state index in [1.807, 2.05) is 36.1 Å². The zero-order valence-electron chi connectivity index (χ0n) is 33.2. The number of aryl methyl sites for hydroxylation is 1. The zero-order chi connectivity index (χ0) is 42.1. The van der Waals surface area contributed by atoms with E-state index in [-0.39, 0.29) is 71.2 Å². The number of carbonyl (C=O) groups is 2. The molecule has 0 bridgehead atoms. The van der Waals surface area contributed by atoms with Crippen LogP contribution in [-0.4, -0.2) is 101 Å². The van der Waals surface area contributed by atoms with E-state index in [9.17, 15) is 30.0 Å². The van der Waals surface area contributed by atoms with Crippen molar-refractivity contribution in [1.82, 2.24) is 34.9 Å². The number of aromatic hydroxyl groups is 4. The van der Waals surface area contributed by atoms with Gasteiger partial charge in [-0.1, -0.05) is 42.4 Å². The van der Waals surface area contributed by atoms with Gasteiger partial charge in [0.25, 0.3) is 0 Å². The third-order valence-electron chi connectivity index (χ3n) is 11.1. The molecule has 1 saturated heterocycles. The van der Waals surface area contributed by atoms with E-state index in [1.165, 1.54) is 34.9 Å². The summed E-state index contributed by atoms with van der Waals surface area (Å²) in [6.07, 6.45) is 1.18. The number of aromatic nitrogens is 5. The van der Waals surface area contributed by atoms with Crippen molar-refractivity contribution in [2.24, 2.45) is 0 Å². The Balaban J connectivity index is 0.948. The van der Waals surface area contributed by atoms with Gasteiger partial charge < -0.3 is 45.8 Å². The van der Waals surface area contributed by atoms with Gasteiger partial charge in [-0.05, 0) is 48.1 Å². The summed E-state index contributed by atoms with van der Waals surface area (Å²) in [6, 6.07) is 17.8. The van der Waals surface area contributed by atoms with Crippen LogP contribution in [0.2, 0.25) is 0 Å². The van der Waals surface area contributed by atoms with Crippen molar-refractivity contribution in [2.45, 2.75) is 46.2 Å². The first-order valence-corrected chi connectivity index (χ1v) is 19.8. The van der Waals surface area contributed by atoms with E-state index >= 15 is 4.39 Å². The molecule has 16 nitrogen and oxygen atoms in total. The standard InChI is InChI=1S/C43H45FN10O6/c1-3-26-19-33(38(58)22-37(26)57)41-49-50-43(60)54(41)29-9-8-28(34(44)20-29)23-46-39(59)10-12-45-42-47-35-24-53(36-21-30(56)18-27-6-4-5-7-31(27)36)13-11-32(35)40(48-42)52-16-14-51(15-17-52)25(2)55/h4-9,18-22,56-58H,3,10-17,23-24H2,1-2H3,(H,46,59)(H,50,60)(H,45,47,48). The molecule has 0 aliphatic carbocycles. The van der Waals surface area contributed by atoms with Crippen molar-refractivity contribution in [3.8, 4) is 40.3 Å². The summed E-state index contributed by atoms with van der Waals surface area (Å²) in [5.74, 6) is 0.0519. The van der Waals surface area contributed by atoms with Crippen LogP contribution in [0.1, 0.15) is 42.7 Å². The van der Waals surface area contributed by atoms with Crippen LogP contribution in [0.5, 0.6) is 23.3 Å². The Bertz CT molecular complexity index is 2610. The normalized spacial score (nSPS) is 14.0. The van der Waals surface area contributed by atoms with E-state index in [1.54, 1.807) is 19.1 Å². The van der Waals surface area contributed by atoms with E-state index in [0.29, 0.717) is 63.6 Å². The first kappa shape index (κ1) is 39.6. The van der Waals surface area contributed by atoms with Gasteiger partial charge >= 0.3 is 6.01 Å². The number of rotatable bonds is 11. The van der Waals surface area contributed by atoms with Crippen molar-refractivity contribution < 1.29 is 34.4 Å². The monoisotopic (exact) mass is 816 g/mol. The SMILES string of the molecule is CCc1cc(-c2nnc(O)n2-c2ccc(CNC(=O)CCNc3nc4c(c(N5CCN(C(C)=O)CC5)n3)CCN(c3cc(O)cc5ccccc35)C4)c(F)c2)c(O)cc1O. The fourth-order valence-corrected chi connectivity index (χ4v) is 7.89. The molecule has 2 aliphatic heterocycles. The Morgan fingerprint density at radius 1 is 0.850 bits per heavy atom. The molecule has 0 spiro atoms. The number of fused-ring (bicyclic) bond motifs is 2. The Morgan fingerprint density at radius 3 is 2.42 bits per heavy atom. The third kappa shape index (κ3) is 7.97. The molecule has 2 aliphatic rings. The minimum Gasteiger partial charge on any atom is -0.508 e. The fourth-order valence-electron chi connectivity index (χ4n) is 7.89. The highest BCUT2D eigenvalue weighted by atomic mass is 19.1. The molecule has 0 saturated carbocycles. The van der Waals surface area contributed by atoms with Crippen LogP contribution >= 0.6 is 0 Å². The number of carbonyl (C=O) groups excluding carboxylic acids is 2. The molecule has 0 unspecified atom stereocenters. The van der Waals surface area contributed by atoms with Gasteiger partial charge in [0, 0.05) is 93.5 Å². The summed E-state index contributed by atoms with van der Waals surface area (Å²) in [5, 5.41) is 57.4. The van der Waals surface area contributed by atoms with Gasteiger partial charge in [0.05, 0.1) is 23.5 Å². The number of benzene rings is 4. The molecule has 310 valence electrons. The summed E-state index contributed by atoms with van der Waals surface area (Å²) < 4.78 is 16.6. The second-order valence-electron chi connectivity index (χ2n) is 14.9. The summed E-state index contributed by atoms with van der Waals surface area (Å²) in [5.41, 5.74) is 3.88. The molecule has 0 radical (unpaired) electrons. The van der Waals surface area contributed by atoms with Crippen molar-refractivity contribution in [2.75, 3.05) is 54.4 Å². The highest BCUT2D eigenvalue weighted by molar-refractivity contribution is 5.95. The van der Waals surface area contributed by atoms with Crippen molar-refractivity contribution in [3.63, 3.8) is 0 Å². The van der Waals surface area contributed by atoms with Gasteiger partial charge in [-0.15, -0.1) is 5.10 Å². The molecule has 2 amide bonds. The largest absolute Gasteiger partial charge is 0.508 e. The van der Waals surface area contributed by atoms with E-state index in [0.717, 1.165) is 33.5 Å². The maximum atomic E-state index is 15.5. The van der Waals surface area contributed by atoms with Crippen LogP contribution in [0.3, 0.4) is 0 Å². The van der Waals surface area contributed by atoms with Crippen molar-refractivity contribution in [3.05, 3.63) is 94.9 Å². The molecule has 0 atom stereocenters. The lowest BCUT2D eigenvalue weighted by Gasteiger charge is -2.38. The van der Waals surface area contributed by atoms with Gasteiger partial charge in [-0.3, -0.25) is 9.59 Å². The Hall–Kier alpha value is -7.17. The number of hydrogen-bond acceptors (Lipinski definition) is 13. The van der Waals surface area contributed by atoms with Crippen molar-refractivity contribution in [1.29, 1.82) is 0 Å². The molecule has 4 aromatic carbocycles. The Kier molecular flexibility index (Phi) is 11.0. The number of phenols is 3. The van der Waals surface area contributed by atoms with Crippen LogP contribution in [0.4, 0.5) is 21.8 Å². The molecule has 2 aromatic heterocycles. The summed E-state index contributed by atoms with van der Waals surface area (Å²) in [7, 11) is 0. The number of halogens is 1. The highest BCUT2D eigenvalue weighted by Gasteiger charge is 2.29. The maximum Gasteiger partial charge on any atom is 0.319 e. The van der Waals surface area contributed by atoms with Gasteiger partial charge in [-0.2, -0.15) is 4.98 Å². The maximum absolute atomic E-state index is 15.5. The number of anilines is 3. The minimum absolute atomic E-state index is 0.0360. The molecular weight excluding hydrogens is 772 g/mol. The molecular formula is C43H45FN10O6. The second kappa shape index (κ2) is 16.6. The summed E-state index contributed by atoms with van der Waals surface area (Å²) in [4.78, 5) is 41.1. The van der Waals surface area contributed by atoms with E-state index < -0.39 is 11.8 Å². The second-order valence-corrected chi connectivity index (χ2v) is 14.9. The molecule has 4 heterocycles. The van der Waals surface area contributed by atoms with Gasteiger partial charge in [-0.25, -0.2) is 13.9 Å². The third-order valence-corrected chi connectivity index (χ3v) is 11.1. The molecule has 6 aromatic rings. The lowest BCUT2D eigenvalue weighted by atomic mass is 10.0. The van der Waals surface area contributed by atoms with Crippen LogP contribution < -0.4 is 20.4 Å². The Morgan fingerprint density at radius 2 is 1.65 bits per heavy atom. The summed E-state index contributed by atoms with van der Waals surface area (Å²) in [6.45, 7) is 7.06. The van der Waals surface area contributed by atoms with Gasteiger partial charge in [0.2, 0.25) is 17.8 Å². The minimum atomic E-state index is -0.652. The Labute approximate surface area is 344 Å². The molecule has 17 heteroatoms. The van der Waals surface area contributed by atoms with Gasteiger partial charge in [0.15, 0.2) is 5.82 Å². The smallest absolute Gasteiger partial charge is 0.319 e. The predicted octanol–water partition coefficient (Wildman–Crippen LogP) is 4.75. The number of phenolic OH excluding ortho intramolecular Hbond substituents is 3. The molecule has 6 N–H and O–H groups in total. The number of amides is 2. The predicted molar refractivity (Wildman–Crippen MR) is 223 cm³/mol. The van der Waals surface area contributed by atoms with E-state index in [4.69, 9.17) is 9.97 Å². The number of piperazine rings is 1. The average molecular weight is 817 g/mol. The molecule has 1 fully saturated rings. The van der Waals surface area contributed by atoms with Crippen LogP contribution in [-0.2, 0) is 35.5 Å². The number of nitrogens with one attached hydrogen (secondary N) is 2. The first-order valence-electron chi connectivity index (χ1n) is 19.8. The topological polar surface area (TPSA) is 205 Å². The van der Waals surface area contributed by atoms with Gasteiger partial charge in [0.1, 0.15) is 28.9 Å². The highest BCUT2D eigenvalue weighted by Crippen LogP contribution is 2.38. The molecule has 8 rings (SSSR count). The number of hydrogen-bond donors (Lipinski definition) is 6. The zero-order valence-corrected chi connectivity index (χ0v) is 33.2. The quantitative estimate of drug-likeness (QED) is 0.105. The van der Waals surface area contributed by atoms with Crippen LogP contribution in [0, 0.1) is 5.82 Å². The lowest BCUT2D eigenvalue weighted by molar-refractivity contribution is -0.129. The first-order chi connectivity index (χ1) is 29.0. The lowest BCUT2D eigenvalue weighted by Crippen LogP contribution is -2.49.